The zero-order valence-corrected chi connectivity index (χ0v) is 7.01. The molecule has 1 heterocycles. The second kappa shape index (κ2) is 4.25. The van der Waals surface area contributed by atoms with Gasteiger partial charge in [0.25, 0.3) is 0 Å². The second-order valence-electron chi connectivity index (χ2n) is 2.57. The number of carbonyl (C=O) groups is 1. The molecule has 0 aliphatic rings. The van der Waals surface area contributed by atoms with Crippen molar-refractivity contribution >= 4 is 12.0 Å². The minimum atomic E-state index is -0.387. The van der Waals surface area contributed by atoms with Crippen molar-refractivity contribution in [3.05, 3.63) is 41.4 Å². The van der Waals surface area contributed by atoms with E-state index < -0.39 is 0 Å². The first kappa shape index (κ1) is 9.25. The molecule has 0 saturated heterocycles. The number of carbonyl (C=O) groups excluding carboxylic acids is 1. The van der Waals surface area contributed by atoms with Gasteiger partial charge in [0.2, 0.25) is 5.91 Å². The van der Waals surface area contributed by atoms with Crippen molar-refractivity contribution in [2.45, 2.75) is 6.42 Å². The molecule has 0 spiro atoms. The van der Waals surface area contributed by atoms with Gasteiger partial charge in [-0.05, 0) is 6.07 Å². The van der Waals surface area contributed by atoms with Gasteiger partial charge in [0.15, 0.2) is 12.4 Å². The Morgan fingerprint density at radius 3 is 3.08 bits per heavy atom. The Balaban J connectivity index is 2.63. The lowest BCUT2D eigenvalue weighted by atomic mass is 10.2. The first-order valence-electron chi connectivity index (χ1n) is 3.82. The Labute approximate surface area is 75.9 Å². The molecule has 4 heteroatoms. The number of hydrogen-bond acceptors (Lipinski definition) is 2. The van der Waals surface area contributed by atoms with E-state index in [2.05, 4.69) is 0 Å². The van der Waals surface area contributed by atoms with Crippen molar-refractivity contribution in [3.63, 3.8) is 0 Å². The van der Waals surface area contributed by atoms with Crippen LogP contribution >= 0.6 is 0 Å². The summed E-state index contributed by atoms with van der Waals surface area (Å²) in [6.45, 7) is 0. The second-order valence-corrected chi connectivity index (χ2v) is 2.57. The normalized spacial score (nSPS) is 10.5. The molecular weight excluding hydrogens is 168 g/mol. The predicted octanol–water partition coefficient (Wildman–Crippen LogP) is 0.209. The maximum absolute atomic E-state index is 10.8. The minimum absolute atomic E-state index is 0.188. The molecule has 1 rings (SSSR count). The highest BCUT2D eigenvalue weighted by atomic mass is 16.5. The molecular formula is C9H10N2O2. The van der Waals surface area contributed by atoms with E-state index in [1.54, 1.807) is 24.3 Å². The zero-order valence-electron chi connectivity index (χ0n) is 7.01. The lowest BCUT2D eigenvalue weighted by Crippen LogP contribution is -2.24. The topological polar surface area (TPSA) is 70.0 Å². The van der Waals surface area contributed by atoms with Crippen LogP contribution in [0.3, 0.4) is 0 Å². The molecule has 1 amide bonds. The molecule has 13 heavy (non-hydrogen) atoms. The number of primary amides is 1. The third-order valence-electron chi connectivity index (χ3n) is 1.43. The van der Waals surface area contributed by atoms with Crippen molar-refractivity contribution in [2.75, 3.05) is 0 Å². The van der Waals surface area contributed by atoms with Crippen LogP contribution in [0, 0.1) is 5.21 Å². The maximum atomic E-state index is 10.8. The van der Waals surface area contributed by atoms with Gasteiger partial charge in [-0.2, -0.15) is 4.73 Å². The lowest BCUT2D eigenvalue weighted by Gasteiger charge is -1.94. The molecule has 2 N–H and O–H groups in total. The van der Waals surface area contributed by atoms with Crippen LogP contribution in [-0.2, 0) is 4.79 Å². The monoisotopic (exact) mass is 178 g/mol. The van der Waals surface area contributed by atoms with Crippen molar-refractivity contribution in [1.29, 1.82) is 0 Å². The number of nitrogens with zero attached hydrogens (tertiary/aromatic N) is 1. The van der Waals surface area contributed by atoms with Crippen LogP contribution < -0.4 is 10.5 Å². The summed E-state index contributed by atoms with van der Waals surface area (Å²) in [5, 5.41) is 10.8. The molecule has 0 radical (unpaired) electrons. The molecule has 0 aliphatic heterocycles. The van der Waals surface area contributed by atoms with E-state index in [9.17, 15) is 10.0 Å². The molecule has 0 fully saturated rings. The number of pyridine rings is 1. The van der Waals surface area contributed by atoms with Gasteiger partial charge in [-0.25, -0.2) is 0 Å². The Hall–Kier alpha value is -1.84. The molecule has 1 aromatic heterocycles. The SMILES string of the molecule is NC(=O)CC=Cc1ccc[n+]([O-])c1. The van der Waals surface area contributed by atoms with Gasteiger partial charge in [0.05, 0.1) is 0 Å². The largest absolute Gasteiger partial charge is 0.619 e. The van der Waals surface area contributed by atoms with Crippen LogP contribution in [0.4, 0.5) is 0 Å². The Kier molecular flexibility index (Phi) is 3.03. The molecule has 0 bridgehead atoms. The summed E-state index contributed by atoms with van der Waals surface area (Å²) in [6.07, 6.45) is 6.30. The van der Waals surface area contributed by atoms with Crippen LogP contribution in [0.15, 0.2) is 30.6 Å². The molecule has 0 unspecified atom stereocenters. The summed E-state index contributed by atoms with van der Waals surface area (Å²) in [5.74, 6) is -0.387. The standard InChI is InChI=1S/C9H10N2O2/c10-9(12)5-1-3-8-4-2-6-11(13)7-8/h1-4,6-7H,5H2,(H2,10,12). The van der Waals surface area contributed by atoms with E-state index in [0.29, 0.717) is 4.73 Å². The number of rotatable bonds is 3. The zero-order chi connectivity index (χ0) is 9.68. The van der Waals surface area contributed by atoms with Crippen LogP contribution in [0.2, 0.25) is 0 Å². The third-order valence-corrected chi connectivity index (χ3v) is 1.43. The number of hydrogen-bond donors (Lipinski definition) is 1. The van der Waals surface area contributed by atoms with Crippen LogP contribution in [0.1, 0.15) is 12.0 Å². The van der Waals surface area contributed by atoms with Gasteiger partial charge in [-0.3, -0.25) is 4.79 Å². The summed E-state index contributed by atoms with van der Waals surface area (Å²) in [4.78, 5) is 10.4. The Morgan fingerprint density at radius 1 is 1.69 bits per heavy atom. The van der Waals surface area contributed by atoms with Gasteiger partial charge in [-0.15, -0.1) is 0 Å². The highest BCUT2D eigenvalue weighted by Crippen LogP contribution is 1.98. The summed E-state index contributed by atoms with van der Waals surface area (Å²) in [6, 6.07) is 3.41. The van der Waals surface area contributed by atoms with E-state index in [-0.39, 0.29) is 12.3 Å². The number of nitrogens with two attached hydrogens (primary N) is 1. The van der Waals surface area contributed by atoms with E-state index in [0.717, 1.165) is 5.56 Å². The predicted molar refractivity (Wildman–Crippen MR) is 48.2 cm³/mol. The van der Waals surface area contributed by atoms with Gasteiger partial charge in [0.1, 0.15) is 0 Å². The maximum Gasteiger partial charge on any atom is 0.221 e. The number of aromatic nitrogens is 1. The van der Waals surface area contributed by atoms with Gasteiger partial charge < -0.3 is 10.9 Å². The summed E-state index contributed by atoms with van der Waals surface area (Å²) in [5.41, 5.74) is 5.68. The van der Waals surface area contributed by atoms with Crippen molar-refractivity contribution in [1.82, 2.24) is 0 Å². The first-order chi connectivity index (χ1) is 6.18. The smallest absolute Gasteiger partial charge is 0.221 e. The van der Waals surface area contributed by atoms with Crippen LogP contribution in [-0.4, -0.2) is 5.91 Å². The fourth-order valence-electron chi connectivity index (χ4n) is 0.882. The van der Waals surface area contributed by atoms with Crippen molar-refractivity contribution in [3.8, 4) is 0 Å². The van der Waals surface area contributed by atoms with E-state index >= 15 is 0 Å². The van der Waals surface area contributed by atoms with Crippen molar-refractivity contribution in [2.24, 2.45) is 5.73 Å². The molecule has 68 valence electrons. The average Bonchev–Trinajstić information content (AvgIpc) is 2.03. The molecule has 0 atom stereocenters. The fourth-order valence-corrected chi connectivity index (χ4v) is 0.882. The molecule has 1 aromatic rings. The van der Waals surface area contributed by atoms with Gasteiger partial charge >= 0.3 is 0 Å². The molecule has 0 aliphatic carbocycles. The quantitative estimate of drug-likeness (QED) is 0.531. The summed E-state index contributed by atoms with van der Waals surface area (Å²) in [7, 11) is 0. The van der Waals surface area contributed by atoms with Crippen LogP contribution in [0.25, 0.3) is 6.08 Å². The van der Waals surface area contributed by atoms with Gasteiger partial charge in [0, 0.05) is 18.1 Å². The third kappa shape index (κ3) is 3.37. The van der Waals surface area contributed by atoms with E-state index in [1.807, 2.05) is 0 Å². The van der Waals surface area contributed by atoms with Crippen molar-refractivity contribution < 1.29 is 9.52 Å². The first-order valence-corrected chi connectivity index (χ1v) is 3.82. The summed E-state index contributed by atoms with van der Waals surface area (Å²) >= 11 is 0. The highest BCUT2D eigenvalue weighted by molar-refractivity contribution is 5.76. The molecule has 0 saturated carbocycles. The molecule has 0 aromatic carbocycles. The Bertz CT molecular complexity index is 334. The lowest BCUT2D eigenvalue weighted by molar-refractivity contribution is -0.605. The summed E-state index contributed by atoms with van der Waals surface area (Å²) < 4.78 is 0.698. The van der Waals surface area contributed by atoms with Crippen LogP contribution in [0.5, 0.6) is 0 Å². The van der Waals surface area contributed by atoms with Gasteiger partial charge in [-0.1, -0.05) is 12.2 Å². The highest BCUT2D eigenvalue weighted by Gasteiger charge is 1.92. The van der Waals surface area contributed by atoms with E-state index in [4.69, 9.17) is 5.73 Å². The molecule has 4 nitrogen and oxygen atoms in total. The Morgan fingerprint density at radius 2 is 2.46 bits per heavy atom. The fraction of sp³-hybridized carbons (Fsp3) is 0.111. The minimum Gasteiger partial charge on any atom is -0.619 e. The average molecular weight is 178 g/mol. The van der Waals surface area contributed by atoms with E-state index in [1.165, 1.54) is 12.4 Å². The number of amides is 1.